The second-order valence-electron chi connectivity index (χ2n) is 5.33. The molecule has 0 atom stereocenters. The van der Waals surface area contributed by atoms with Crippen molar-refractivity contribution in [3.05, 3.63) is 35.9 Å². The standard InChI is InChI=1S/C18H27NO3/c1-3-4-5-6-7-8-9-10-18(21)19-14-15-11-12-16(20)17(13-15)22-2/h9-13,20H,3-8,14H2,1-2H3,(H,19,21). The third-order valence-corrected chi connectivity index (χ3v) is 3.45. The predicted molar refractivity (Wildman–Crippen MR) is 89.0 cm³/mol. The first kappa shape index (κ1) is 18.1. The Hall–Kier alpha value is -1.97. The van der Waals surface area contributed by atoms with Crippen LogP contribution in [0.25, 0.3) is 0 Å². The van der Waals surface area contributed by atoms with E-state index in [0.29, 0.717) is 12.3 Å². The average Bonchev–Trinajstić information content (AvgIpc) is 2.53. The predicted octanol–water partition coefficient (Wildman–Crippen LogP) is 3.93. The Balaban J connectivity index is 2.25. The normalized spacial score (nSPS) is 10.8. The first-order valence-electron chi connectivity index (χ1n) is 7.97. The van der Waals surface area contributed by atoms with Crippen molar-refractivity contribution in [3.8, 4) is 11.5 Å². The monoisotopic (exact) mass is 305 g/mol. The van der Waals surface area contributed by atoms with E-state index in [-0.39, 0.29) is 11.7 Å². The molecule has 0 bridgehead atoms. The highest BCUT2D eigenvalue weighted by Gasteiger charge is 2.03. The van der Waals surface area contributed by atoms with Crippen molar-refractivity contribution in [2.45, 2.75) is 52.0 Å². The van der Waals surface area contributed by atoms with Gasteiger partial charge in [0.05, 0.1) is 7.11 Å². The lowest BCUT2D eigenvalue weighted by Crippen LogP contribution is -2.20. The van der Waals surface area contributed by atoms with Gasteiger partial charge in [0.1, 0.15) is 0 Å². The van der Waals surface area contributed by atoms with Gasteiger partial charge in [-0.3, -0.25) is 4.79 Å². The van der Waals surface area contributed by atoms with Gasteiger partial charge in [0.15, 0.2) is 11.5 Å². The van der Waals surface area contributed by atoms with Crippen LogP contribution in [0.2, 0.25) is 0 Å². The van der Waals surface area contributed by atoms with Crippen LogP contribution in [0.5, 0.6) is 11.5 Å². The summed E-state index contributed by atoms with van der Waals surface area (Å²) >= 11 is 0. The number of phenolic OH excluding ortho intramolecular Hbond substituents is 1. The van der Waals surface area contributed by atoms with Crippen molar-refractivity contribution in [1.29, 1.82) is 0 Å². The largest absolute Gasteiger partial charge is 0.504 e. The summed E-state index contributed by atoms with van der Waals surface area (Å²) in [5.74, 6) is 0.413. The number of allylic oxidation sites excluding steroid dienone is 1. The van der Waals surface area contributed by atoms with E-state index >= 15 is 0 Å². The topological polar surface area (TPSA) is 58.6 Å². The molecule has 0 fully saturated rings. The minimum atomic E-state index is -0.0967. The molecule has 0 aliphatic carbocycles. The molecule has 4 nitrogen and oxygen atoms in total. The molecule has 0 unspecified atom stereocenters. The zero-order valence-electron chi connectivity index (χ0n) is 13.6. The van der Waals surface area contributed by atoms with Crippen LogP contribution in [-0.2, 0) is 11.3 Å². The third kappa shape index (κ3) is 7.16. The molecule has 0 heterocycles. The molecule has 0 saturated heterocycles. The number of benzene rings is 1. The summed E-state index contributed by atoms with van der Waals surface area (Å²) in [5.41, 5.74) is 0.885. The summed E-state index contributed by atoms with van der Waals surface area (Å²) in [6, 6.07) is 5.04. The molecular formula is C18H27NO3. The summed E-state index contributed by atoms with van der Waals surface area (Å²) in [7, 11) is 1.50. The Kier molecular flexibility index (Phi) is 8.80. The maximum atomic E-state index is 11.7. The molecule has 0 aliphatic heterocycles. The van der Waals surface area contributed by atoms with Gasteiger partial charge in [-0.15, -0.1) is 0 Å². The van der Waals surface area contributed by atoms with Gasteiger partial charge in [0.25, 0.3) is 0 Å². The Labute approximate surface area is 133 Å². The van der Waals surface area contributed by atoms with Crippen LogP contribution in [0.4, 0.5) is 0 Å². The first-order chi connectivity index (χ1) is 10.7. The van der Waals surface area contributed by atoms with Gasteiger partial charge in [-0.1, -0.05) is 44.7 Å². The lowest BCUT2D eigenvalue weighted by Gasteiger charge is -2.07. The highest BCUT2D eigenvalue weighted by atomic mass is 16.5. The first-order valence-corrected chi connectivity index (χ1v) is 7.97. The molecule has 0 aromatic heterocycles. The highest BCUT2D eigenvalue weighted by molar-refractivity contribution is 5.87. The van der Waals surface area contributed by atoms with Crippen LogP contribution >= 0.6 is 0 Å². The van der Waals surface area contributed by atoms with Crippen molar-refractivity contribution in [3.63, 3.8) is 0 Å². The van der Waals surface area contributed by atoms with E-state index in [1.54, 1.807) is 24.3 Å². The fourth-order valence-electron chi connectivity index (χ4n) is 2.14. The SMILES string of the molecule is CCCCCCCC=CC(=O)NCc1ccc(O)c(OC)c1. The van der Waals surface area contributed by atoms with Gasteiger partial charge in [-0.2, -0.15) is 0 Å². The van der Waals surface area contributed by atoms with Gasteiger partial charge < -0.3 is 15.2 Å². The summed E-state index contributed by atoms with van der Waals surface area (Å²) in [5, 5.41) is 12.3. The molecule has 1 aromatic rings. The lowest BCUT2D eigenvalue weighted by molar-refractivity contribution is -0.116. The van der Waals surface area contributed by atoms with Crippen LogP contribution in [0, 0.1) is 0 Å². The van der Waals surface area contributed by atoms with Crippen LogP contribution in [0.1, 0.15) is 51.0 Å². The molecule has 1 aromatic carbocycles. The molecule has 1 rings (SSSR count). The molecule has 22 heavy (non-hydrogen) atoms. The fraction of sp³-hybridized carbons (Fsp3) is 0.500. The number of phenols is 1. The highest BCUT2D eigenvalue weighted by Crippen LogP contribution is 2.26. The molecular weight excluding hydrogens is 278 g/mol. The molecule has 2 N–H and O–H groups in total. The zero-order chi connectivity index (χ0) is 16.2. The molecule has 0 spiro atoms. The zero-order valence-corrected chi connectivity index (χ0v) is 13.6. The number of carbonyl (C=O) groups is 1. The van der Waals surface area contributed by atoms with E-state index in [2.05, 4.69) is 12.2 Å². The number of nitrogens with one attached hydrogen (secondary N) is 1. The van der Waals surface area contributed by atoms with Gasteiger partial charge in [0, 0.05) is 6.54 Å². The maximum absolute atomic E-state index is 11.7. The van der Waals surface area contributed by atoms with Gasteiger partial charge in [-0.05, 0) is 36.6 Å². The van der Waals surface area contributed by atoms with E-state index in [4.69, 9.17) is 4.74 Å². The summed E-state index contributed by atoms with van der Waals surface area (Å²) < 4.78 is 5.04. The summed E-state index contributed by atoms with van der Waals surface area (Å²) in [6.07, 6.45) is 10.7. The van der Waals surface area contributed by atoms with Crippen LogP contribution < -0.4 is 10.1 Å². The summed E-state index contributed by atoms with van der Waals surface area (Å²) in [4.78, 5) is 11.7. The van der Waals surface area contributed by atoms with Crippen molar-refractivity contribution in [2.24, 2.45) is 0 Å². The third-order valence-electron chi connectivity index (χ3n) is 3.45. The van der Waals surface area contributed by atoms with E-state index in [9.17, 15) is 9.90 Å². The maximum Gasteiger partial charge on any atom is 0.243 e. The van der Waals surface area contributed by atoms with E-state index in [1.807, 2.05) is 6.08 Å². The van der Waals surface area contributed by atoms with Crippen molar-refractivity contribution in [2.75, 3.05) is 7.11 Å². The average molecular weight is 305 g/mol. The molecule has 1 amide bonds. The van der Waals surface area contributed by atoms with Crippen molar-refractivity contribution < 1.29 is 14.6 Å². The van der Waals surface area contributed by atoms with Crippen LogP contribution in [0.15, 0.2) is 30.4 Å². The number of methoxy groups -OCH3 is 1. The number of ether oxygens (including phenoxy) is 1. The number of hydrogen-bond acceptors (Lipinski definition) is 3. The van der Waals surface area contributed by atoms with Crippen molar-refractivity contribution >= 4 is 5.91 Å². The van der Waals surface area contributed by atoms with E-state index in [0.717, 1.165) is 18.4 Å². The Morgan fingerprint density at radius 3 is 2.77 bits per heavy atom. The molecule has 4 heteroatoms. The van der Waals surface area contributed by atoms with Gasteiger partial charge >= 0.3 is 0 Å². The van der Waals surface area contributed by atoms with E-state index in [1.165, 1.54) is 32.8 Å². The molecule has 0 radical (unpaired) electrons. The van der Waals surface area contributed by atoms with Gasteiger partial charge in [-0.25, -0.2) is 0 Å². The Morgan fingerprint density at radius 1 is 1.27 bits per heavy atom. The second-order valence-corrected chi connectivity index (χ2v) is 5.33. The van der Waals surface area contributed by atoms with Crippen LogP contribution in [-0.4, -0.2) is 18.1 Å². The van der Waals surface area contributed by atoms with Crippen LogP contribution in [0.3, 0.4) is 0 Å². The number of unbranched alkanes of at least 4 members (excludes halogenated alkanes) is 5. The smallest absolute Gasteiger partial charge is 0.243 e. The van der Waals surface area contributed by atoms with E-state index < -0.39 is 0 Å². The van der Waals surface area contributed by atoms with Gasteiger partial charge in [0.2, 0.25) is 5.91 Å². The lowest BCUT2D eigenvalue weighted by atomic mass is 10.1. The minimum Gasteiger partial charge on any atom is -0.504 e. The Bertz CT molecular complexity index is 483. The fourth-order valence-corrected chi connectivity index (χ4v) is 2.14. The Morgan fingerprint density at radius 2 is 2.05 bits per heavy atom. The summed E-state index contributed by atoms with van der Waals surface area (Å²) in [6.45, 7) is 2.62. The number of amides is 1. The number of aromatic hydroxyl groups is 1. The minimum absolute atomic E-state index is 0.0967. The molecule has 0 aliphatic rings. The number of carbonyl (C=O) groups excluding carboxylic acids is 1. The number of rotatable bonds is 10. The molecule has 122 valence electrons. The molecule has 0 saturated carbocycles. The number of hydrogen-bond donors (Lipinski definition) is 2. The quantitative estimate of drug-likeness (QED) is 0.508. The van der Waals surface area contributed by atoms with Crippen molar-refractivity contribution in [1.82, 2.24) is 5.32 Å². The second kappa shape index (κ2) is 10.7.